The van der Waals surface area contributed by atoms with Crippen LogP contribution < -0.4 is 20.1 Å². The molecule has 0 aliphatic carbocycles. The molecule has 7 heteroatoms. The van der Waals surface area contributed by atoms with Crippen molar-refractivity contribution >= 4 is 5.96 Å². The van der Waals surface area contributed by atoms with E-state index in [-0.39, 0.29) is 6.04 Å². The normalized spacial score (nSPS) is 16.2. The average molecular weight is 415 g/mol. The molecule has 1 atom stereocenters. The van der Waals surface area contributed by atoms with Crippen LogP contribution in [0.5, 0.6) is 11.5 Å². The van der Waals surface area contributed by atoms with E-state index in [1.807, 2.05) is 31.2 Å². The van der Waals surface area contributed by atoms with Gasteiger partial charge in [-0.1, -0.05) is 12.5 Å². The topological polar surface area (TPSA) is 71.3 Å². The van der Waals surface area contributed by atoms with Crippen molar-refractivity contribution in [2.45, 2.75) is 38.8 Å². The largest absolute Gasteiger partial charge is 0.493 e. The maximum absolute atomic E-state index is 5.73. The van der Waals surface area contributed by atoms with Crippen molar-refractivity contribution in [1.29, 1.82) is 0 Å². The molecule has 1 saturated heterocycles. The van der Waals surface area contributed by atoms with Crippen molar-refractivity contribution < 1.29 is 13.9 Å². The number of piperidine rings is 1. The monoisotopic (exact) mass is 414 g/mol. The fourth-order valence-electron chi connectivity index (χ4n) is 3.82. The Morgan fingerprint density at radius 1 is 1.17 bits per heavy atom. The van der Waals surface area contributed by atoms with Gasteiger partial charge in [-0.05, 0) is 62.7 Å². The molecule has 164 valence electrons. The zero-order chi connectivity index (χ0) is 21.2. The summed E-state index contributed by atoms with van der Waals surface area (Å²) >= 11 is 0. The maximum atomic E-state index is 5.73. The highest BCUT2D eigenvalue weighted by molar-refractivity contribution is 5.79. The molecule has 1 fully saturated rings. The molecule has 0 amide bonds. The van der Waals surface area contributed by atoms with Gasteiger partial charge in [0.05, 0.1) is 26.0 Å². The van der Waals surface area contributed by atoms with Gasteiger partial charge in [0.1, 0.15) is 5.76 Å². The third-order valence-electron chi connectivity index (χ3n) is 5.38. The first-order valence-electron chi connectivity index (χ1n) is 10.8. The second kappa shape index (κ2) is 11.5. The van der Waals surface area contributed by atoms with Crippen LogP contribution in [-0.2, 0) is 6.54 Å². The molecule has 1 aromatic carbocycles. The Morgan fingerprint density at radius 3 is 2.67 bits per heavy atom. The van der Waals surface area contributed by atoms with E-state index < -0.39 is 0 Å². The molecular formula is C23H34N4O3. The highest BCUT2D eigenvalue weighted by atomic mass is 16.5. The zero-order valence-corrected chi connectivity index (χ0v) is 18.3. The van der Waals surface area contributed by atoms with Crippen LogP contribution in [0.1, 0.15) is 43.6 Å². The molecule has 1 aliphatic rings. The summed E-state index contributed by atoms with van der Waals surface area (Å²) < 4.78 is 16.8. The lowest BCUT2D eigenvalue weighted by molar-refractivity contribution is 0.146. The number of furan rings is 1. The second-order valence-electron chi connectivity index (χ2n) is 7.35. The van der Waals surface area contributed by atoms with E-state index in [0.717, 1.165) is 48.4 Å². The quantitative estimate of drug-likeness (QED) is 0.483. The number of nitrogens with zero attached hydrogens (tertiary/aromatic N) is 2. The van der Waals surface area contributed by atoms with Crippen molar-refractivity contribution in [2.75, 3.05) is 40.4 Å². The first-order valence-corrected chi connectivity index (χ1v) is 10.8. The predicted molar refractivity (Wildman–Crippen MR) is 119 cm³/mol. The van der Waals surface area contributed by atoms with E-state index in [1.165, 1.54) is 19.3 Å². The van der Waals surface area contributed by atoms with E-state index in [0.29, 0.717) is 13.2 Å². The minimum absolute atomic E-state index is 0.199. The molecule has 2 N–H and O–H groups in total. The van der Waals surface area contributed by atoms with Crippen molar-refractivity contribution in [1.82, 2.24) is 15.5 Å². The van der Waals surface area contributed by atoms with Crippen LogP contribution in [0.25, 0.3) is 0 Å². The van der Waals surface area contributed by atoms with Crippen LogP contribution in [0, 0.1) is 0 Å². The van der Waals surface area contributed by atoms with Gasteiger partial charge in [0.2, 0.25) is 0 Å². The third kappa shape index (κ3) is 5.92. The number of aliphatic imine (C=N–C) groups is 1. The Labute approximate surface area is 179 Å². The number of ether oxygens (including phenoxy) is 2. The van der Waals surface area contributed by atoms with Gasteiger partial charge in [-0.2, -0.15) is 0 Å². The van der Waals surface area contributed by atoms with Gasteiger partial charge in [-0.3, -0.25) is 9.89 Å². The predicted octanol–water partition coefficient (Wildman–Crippen LogP) is 3.58. The molecule has 1 aromatic heterocycles. The Morgan fingerprint density at radius 2 is 2.00 bits per heavy atom. The van der Waals surface area contributed by atoms with Gasteiger partial charge in [-0.25, -0.2) is 0 Å². The number of hydrogen-bond acceptors (Lipinski definition) is 5. The summed E-state index contributed by atoms with van der Waals surface area (Å²) in [7, 11) is 3.44. The number of likely N-dealkylation sites (tertiary alicyclic amines) is 1. The number of nitrogens with one attached hydrogen (secondary N) is 2. The average Bonchev–Trinajstić information content (AvgIpc) is 3.32. The van der Waals surface area contributed by atoms with Crippen LogP contribution in [0.15, 0.2) is 46.0 Å². The minimum atomic E-state index is 0.199. The lowest BCUT2D eigenvalue weighted by Crippen LogP contribution is -2.44. The molecule has 2 heterocycles. The molecule has 3 rings (SSSR count). The molecule has 2 aromatic rings. The number of benzene rings is 1. The van der Waals surface area contributed by atoms with E-state index in [1.54, 1.807) is 20.4 Å². The lowest BCUT2D eigenvalue weighted by Gasteiger charge is -2.33. The number of methoxy groups -OCH3 is 1. The molecule has 0 radical (unpaired) electrons. The van der Waals surface area contributed by atoms with Crippen molar-refractivity contribution in [3.05, 3.63) is 47.9 Å². The summed E-state index contributed by atoms with van der Waals surface area (Å²) in [5.41, 5.74) is 1.10. The molecule has 7 nitrogen and oxygen atoms in total. The fourth-order valence-corrected chi connectivity index (χ4v) is 3.82. The van der Waals surface area contributed by atoms with Gasteiger partial charge < -0.3 is 24.5 Å². The summed E-state index contributed by atoms with van der Waals surface area (Å²) in [6, 6.07) is 10.2. The smallest absolute Gasteiger partial charge is 0.191 e. The van der Waals surface area contributed by atoms with Crippen molar-refractivity contribution in [3.8, 4) is 11.5 Å². The number of rotatable bonds is 9. The van der Waals surface area contributed by atoms with E-state index in [9.17, 15) is 0 Å². The number of hydrogen-bond donors (Lipinski definition) is 2. The van der Waals surface area contributed by atoms with Gasteiger partial charge in [0.15, 0.2) is 17.5 Å². The van der Waals surface area contributed by atoms with Crippen LogP contribution in [0.3, 0.4) is 0 Å². The summed E-state index contributed by atoms with van der Waals surface area (Å²) in [5.74, 6) is 3.25. The molecule has 0 saturated carbocycles. The lowest BCUT2D eigenvalue weighted by atomic mass is 10.1. The van der Waals surface area contributed by atoms with E-state index in [2.05, 4.69) is 26.6 Å². The van der Waals surface area contributed by atoms with E-state index >= 15 is 0 Å². The molecular weight excluding hydrogens is 380 g/mol. The van der Waals surface area contributed by atoms with Crippen molar-refractivity contribution in [2.24, 2.45) is 4.99 Å². The molecule has 1 unspecified atom stereocenters. The van der Waals surface area contributed by atoms with Crippen LogP contribution in [0.4, 0.5) is 0 Å². The van der Waals surface area contributed by atoms with Gasteiger partial charge in [0, 0.05) is 20.1 Å². The van der Waals surface area contributed by atoms with Crippen LogP contribution in [-0.4, -0.2) is 51.3 Å². The van der Waals surface area contributed by atoms with Crippen LogP contribution >= 0.6 is 0 Å². The summed E-state index contributed by atoms with van der Waals surface area (Å²) in [4.78, 5) is 6.88. The zero-order valence-electron chi connectivity index (χ0n) is 18.3. The Balaban J connectivity index is 1.59. The van der Waals surface area contributed by atoms with Gasteiger partial charge in [0.25, 0.3) is 0 Å². The minimum Gasteiger partial charge on any atom is -0.493 e. The highest BCUT2D eigenvalue weighted by Gasteiger charge is 2.24. The molecule has 0 bridgehead atoms. The van der Waals surface area contributed by atoms with Crippen molar-refractivity contribution in [3.63, 3.8) is 0 Å². The third-order valence-corrected chi connectivity index (χ3v) is 5.38. The maximum Gasteiger partial charge on any atom is 0.191 e. The summed E-state index contributed by atoms with van der Waals surface area (Å²) in [5, 5.41) is 6.86. The number of guanidine groups is 1. The molecule has 1 aliphatic heterocycles. The Hall–Kier alpha value is -2.67. The van der Waals surface area contributed by atoms with Gasteiger partial charge in [-0.15, -0.1) is 0 Å². The first kappa shape index (κ1) is 22.0. The fraction of sp³-hybridized carbons (Fsp3) is 0.522. The Bertz CT molecular complexity index is 786. The SMILES string of the molecule is CCOc1cc(CNC(=NC)NCC(c2ccco2)N2CCCCC2)ccc1OC. The van der Waals surface area contributed by atoms with E-state index in [4.69, 9.17) is 13.9 Å². The molecule has 0 spiro atoms. The standard InChI is InChI=1S/C23H34N4O3/c1-4-29-22-15-18(10-11-21(22)28-3)16-25-23(24-2)26-17-19(20-9-8-14-30-20)27-12-6-5-7-13-27/h8-11,14-15,19H,4-7,12-13,16-17H2,1-3H3,(H2,24,25,26). The highest BCUT2D eigenvalue weighted by Crippen LogP contribution is 2.28. The molecule has 30 heavy (non-hydrogen) atoms. The summed E-state index contributed by atoms with van der Waals surface area (Å²) in [6.45, 7) is 6.14. The first-order chi connectivity index (χ1) is 14.7. The van der Waals surface area contributed by atoms with Gasteiger partial charge >= 0.3 is 0 Å². The Kier molecular flexibility index (Phi) is 8.44. The van der Waals surface area contributed by atoms with Crippen LogP contribution in [0.2, 0.25) is 0 Å². The second-order valence-corrected chi connectivity index (χ2v) is 7.35. The summed E-state index contributed by atoms with van der Waals surface area (Å²) in [6.07, 6.45) is 5.54.